The molecule has 0 saturated carbocycles. The molecule has 0 saturated heterocycles. The van der Waals surface area contributed by atoms with E-state index in [2.05, 4.69) is 10.6 Å². The number of carbonyl (C=O) groups is 2. The van der Waals surface area contributed by atoms with Crippen molar-refractivity contribution in [3.63, 3.8) is 0 Å². The van der Waals surface area contributed by atoms with Crippen LogP contribution in [0, 0.1) is 6.92 Å². The molecule has 0 aromatic heterocycles. The van der Waals surface area contributed by atoms with Crippen molar-refractivity contribution < 1.29 is 14.3 Å². The van der Waals surface area contributed by atoms with Crippen molar-refractivity contribution in [1.82, 2.24) is 10.6 Å². The van der Waals surface area contributed by atoms with Crippen LogP contribution in [0.3, 0.4) is 0 Å². The van der Waals surface area contributed by atoms with Gasteiger partial charge in [-0.2, -0.15) is 0 Å². The summed E-state index contributed by atoms with van der Waals surface area (Å²) in [5, 5.41) is 5.53. The molecule has 25 heavy (non-hydrogen) atoms. The summed E-state index contributed by atoms with van der Waals surface area (Å²) in [7, 11) is 1.62. The molecule has 2 aromatic rings. The van der Waals surface area contributed by atoms with E-state index in [1.165, 1.54) is 0 Å². The van der Waals surface area contributed by atoms with Gasteiger partial charge < -0.3 is 15.4 Å². The summed E-state index contributed by atoms with van der Waals surface area (Å²) in [6.45, 7) is 2.93. The number of amides is 2. The maximum absolute atomic E-state index is 11.8. The average Bonchev–Trinajstić information content (AvgIpc) is 2.60. The van der Waals surface area contributed by atoms with E-state index in [0.29, 0.717) is 19.5 Å². The molecule has 2 rings (SSSR count). The maximum Gasteiger partial charge on any atom is 0.229 e. The first kappa shape index (κ1) is 18.5. The van der Waals surface area contributed by atoms with Crippen molar-refractivity contribution in [2.24, 2.45) is 0 Å². The minimum Gasteiger partial charge on any atom is -0.497 e. The highest BCUT2D eigenvalue weighted by molar-refractivity contribution is 5.96. The number of hydrogen-bond acceptors (Lipinski definition) is 3. The highest BCUT2D eigenvalue weighted by Crippen LogP contribution is 2.11. The Kier molecular flexibility index (Phi) is 7.01. The molecule has 5 nitrogen and oxygen atoms in total. The minimum atomic E-state index is -0.275. The van der Waals surface area contributed by atoms with E-state index in [4.69, 9.17) is 4.74 Å². The second kappa shape index (κ2) is 9.47. The van der Waals surface area contributed by atoms with Gasteiger partial charge in [-0.25, -0.2) is 0 Å². The number of aryl methyl sites for hydroxylation is 1. The predicted molar refractivity (Wildman–Crippen MR) is 97.4 cm³/mol. The molecule has 132 valence electrons. The van der Waals surface area contributed by atoms with Crippen LogP contribution in [0.5, 0.6) is 5.75 Å². The Morgan fingerprint density at radius 3 is 2.36 bits per heavy atom. The normalized spacial score (nSPS) is 10.2. The molecule has 0 aliphatic carbocycles. The fraction of sp³-hybridized carbons (Fsp3) is 0.300. The third-order valence-electron chi connectivity index (χ3n) is 3.79. The van der Waals surface area contributed by atoms with Crippen LogP contribution in [-0.4, -0.2) is 25.5 Å². The van der Waals surface area contributed by atoms with Gasteiger partial charge in [0.1, 0.15) is 12.2 Å². The number of ether oxygens (including phenoxy) is 1. The molecule has 0 heterocycles. The second-order valence-electron chi connectivity index (χ2n) is 5.89. The molecule has 0 fully saturated rings. The summed E-state index contributed by atoms with van der Waals surface area (Å²) in [5.74, 6) is 0.261. The predicted octanol–water partition coefficient (Wildman–Crippen LogP) is 2.37. The van der Waals surface area contributed by atoms with Crippen molar-refractivity contribution in [3.05, 3.63) is 65.2 Å². The van der Waals surface area contributed by atoms with E-state index in [1.54, 1.807) is 7.11 Å². The number of hydrogen-bond donors (Lipinski definition) is 2. The highest BCUT2D eigenvalue weighted by atomic mass is 16.5. The van der Waals surface area contributed by atoms with Gasteiger partial charge in [0, 0.05) is 13.1 Å². The molecule has 5 heteroatoms. The van der Waals surface area contributed by atoms with Crippen LogP contribution in [0.25, 0.3) is 0 Å². The van der Waals surface area contributed by atoms with Crippen LogP contribution >= 0.6 is 0 Å². The van der Waals surface area contributed by atoms with Gasteiger partial charge in [-0.15, -0.1) is 0 Å². The average molecular weight is 340 g/mol. The number of benzene rings is 2. The Morgan fingerprint density at radius 2 is 1.68 bits per heavy atom. The van der Waals surface area contributed by atoms with Crippen LogP contribution in [0.2, 0.25) is 0 Å². The molecule has 0 unspecified atom stereocenters. The fourth-order valence-corrected chi connectivity index (χ4v) is 2.43. The van der Waals surface area contributed by atoms with Gasteiger partial charge in [0.25, 0.3) is 0 Å². The van der Waals surface area contributed by atoms with Crippen LogP contribution in [0.15, 0.2) is 48.5 Å². The molecule has 0 atom stereocenters. The van der Waals surface area contributed by atoms with Crippen LogP contribution in [0.1, 0.15) is 23.1 Å². The molecule has 0 bridgehead atoms. The molecule has 0 aliphatic rings. The van der Waals surface area contributed by atoms with Gasteiger partial charge in [0.05, 0.1) is 7.11 Å². The molecule has 2 N–H and O–H groups in total. The Balaban J connectivity index is 1.66. The standard InChI is InChI=1S/C20H24N2O3/c1-15-4-3-5-17(12-15)14-22-20(24)13-19(23)21-11-10-16-6-8-18(25-2)9-7-16/h3-9,12H,10-11,13-14H2,1-2H3,(H,21,23)(H,22,24). The fourth-order valence-electron chi connectivity index (χ4n) is 2.43. The lowest BCUT2D eigenvalue weighted by Gasteiger charge is -2.08. The number of nitrogens with one attached hydrogen (secondary N) is 2. The van der Waals surface area contributed by atoms with E-state index in [9.17, 15) is 9.59 Å². The number of methoxy groups -OCH3 is 1. The van der Waals surface area contributed by atoms with Gasteiger partial charge in [0.15, 0.2) is 0 Å². The van der Waals surface area contributed by atoms with E-state index in [0.717, 1.165) is 22.4 Å². The third kappa shape index (κ3) is 6.67. The van der Waals surface area contributed by atoms with E-state index in [1.807, 2.05) is 55.5 Å². The highest BCUT2D eigenvalue weighted by Gasteiger charge is 2.08. The first-order valence-electron chi connectivity index (χ1n) is 8.28. The first-order valence-corrected chi connectivity index (χ1v) is 8.28. The Labute approximate surface area is 148 Å². The van der Waals surface area contributed by atoms with Crippen molar-refractivity contribution in [2.75, 3.05) is 13.7 Å². The SMILES string of the molecule is COc1ccc(CCNC(=O)CC(=O)NCc2cccc(C)c2)cc1. The summed E-state index contributed by atoms with van der Waals surface area (Å²) < 4.78 is 5.10. The Bertz CT molecular complexity index is 711. The van der Waals surface area contributed by atoms with E-state index >= 15 is 0 Å². The summed E-state index contributed by atoms with van der Waals surface area (Å²) in [6.07, 6.45) is 0.551. The smallest absolute Gasteiger partial charge is 0.229 e. The van der Waals surface area contributed by atoms with Crippen molar-refractivity contribution in [3.8, 4) is 5.75 Å². The molecule has 0 radical (unpaired) electrons. The monoisotopic (exact) mass is 340 g/mol. The summed E-state index contributed by atoms with van der Waals surface area (Å²) in [4.78, 5) is 23.6. The Morgan fingerprint density at radius 1 is 0.960 bits per heavy atom. The Hall–Kier alpha value is -2.82. The zero-order chi connectivity index (χ0) is 18.1. The lowest BCUT2D eigenvalue weighted by molar-refractivity contribution is -0.129. The summed E-state index contributed by atoms with van der Waals surface area (Å²) >= 11 is 0. The summed E-state index contributed by atoms with van der Waals surface area (Å²) in [5.41, 5.74) is 3.27. The topological polar surface area (TPSA) is 67.4 Å². The van der Waals surface area contributed by atoms with Gasteiger partial charge in [-0.05, 0) is 36.6 Å². The summed E-state index contributed by atoms with van der Waals surface area (Å²) in [6, 6.07) is 15.6. The third-order valence-corrected chi connectivity index (χ3v) is 3.79. The maximum atomic E-state index is 11.8. The zero-order valence-corrected chi connectivity index (χ0v) is 14.7. The van der Waals surface area contributed by atoms with Crippen LogP contribution in [-0.2, 0) is 22.6 Å². The van der Waals surface area contributed by atoms with Crippen molar-refractivity contribution in [1.29, 1.82) is 0 Å². The number of carbonyl (C=O) groups excluding carboxylic acids is 2. The van der Waals surface area contributed by atoms with Gasteiger partial charge in [0.2, 0.25) is 11.8 Å². The second-order valence-corrected chi connectivity index (χ2v) is 5.89. The lowest BCUT2D eigenvalue weighted by atomic mass is 10.1. The van der Waals surface area contributed by atoms with E-state index in [-0.39, 0.29) is 18.2 Å². The van der Waals surface area contributed by atoms with Crippen LogP contribution < -0.4 is 15.4 Å². The molecule has 0 aliphatic heterocycles. The quantitative estimate of drug-likeness (QED) is 0.725. The minimum absolute atomic E-state index is 0.158. The number of rotatable bonds is 8. The molecule has 2 amide bonds. The van der Waals surface area contributed by atoms with Gasteiger partial charge >= 0.3 is 0 Å². The molecular weight excluding hydrogens is 316 g/mol. The van der Waals surface area contributed by atoms with Crippen LogP contribution in [0.4, 0.5) is 0 Å². The first-order chi connectivity index (χ1) is 12.1. The largest absolute Gasteiger partial charge is 0.497 e. The van der Waals surface area contributed by atoms with Gasteiger partial charge in [-0.1, -0.05) is 42.0 Å². The van der Waals surface area contributed by atoms with E-state index < -0.39 is 0 Å². The molecular formula is C20H24N2O3. The lowest BCUT2D eigenvalue weighted by Crippen LogP contribution is -2.32. The molecule has 0 spiro atoms. The zero-order valence-electron chi connectivity index (χ0n) is 14.7. The van der Waals surface area contributed by atoms with Gasteiger partial charge in [-0.3, -0.25) is 9.59 Å². The molecule has 2 aromatic carbocycles. The van der Waals surface area contributed by atoms with Crippen molar-refractivity contribution in [2.45, 2.75) is 26.3 Å². The van der Waals surface area contributed by atoms with Crippen molar-refractivity contribution >= 4 is 11.8 Å².